The lowest BCUT2D eigenvalue weighted by Crippen LogP contribution is -2.26. The molecule has 0 aliphatic rings. The molecule has 1 unspecified atom stereocenters. The number of aliphatic hydroxyl groups is 2. The highest BCUT2D eigenvalue weighted by atomic mass is 16.5. The predicted octanol–water partition coefficient (Wildman–Crippen LogP) is 1.76. The van der Waals surface area contributed by atoms with E-state index in [0.717, 1.165) is 0 Å². The molecule has 0 amide bonds. The molecule has 0 aliphatic carbocycles. The summed E-state index contributed by atoms with van der Waals surface area (Å²) in [6, 6.07) is 1.71. The molecule has 4 heteroatoms. The summed E-state index contributed by atoms with van der Waals surface area (Å²) in [5.41, 5.74) is 0.145. The number of nitrogens with zero attached hydrogens (tertiary/aromatic N) is 1. The van der Waals surface area contributed by atoms with Gasteiger partial charge in [-0.1, -0.05) is 13.0 Å². The zero-order chi connectivity index (χ0) is 12.9. The fourth-order valence-corrected chi connectivity index (χ4v) is 1.92. The zero-order valence-electron chi connectivity index (χ0n) is 10.3. The molecule has 17 heavy (non-hydrogen) atoms. The van der Waals surface area contributed by atoms with Gasteiger partial charge in [-0.15, -0.1) is 6.58 Å². The Labute approximate surface area is 102 Å². The molecule has 1 rings (SSSR count). The van der Waals surface area contributed by atoms with Gasteiger partial charge in [0.05, 0.1) is 19.3 Å². The second kappa shape index (κ2) is 5.80. The number of hydrogen-bond donors (Lipinski definition) is 2. The molecule has 0 saturated carbocycles. The Bertz CT molecular complexity index is 392. The van der Waals surface area contributed by atoms with E-state index in [1.165, 1.54) is 7.11 Å². The summed E-state index contributed by atoms with van der Waals surface area (Å²) < 4.78 is 5.09. The predicted molar refractivity (Wildman–Crippen MR) is 65.7 cm³/mol. The van der Waals surface area contributed by atoms with Crippen LogP contribution in [0.3, 0.4) is 0 Å². The molecule has 1 atom stereocenters. The molecule has 0 bridgehead atoms. The minimum absolute atomic E-state index is 0.216. The SMILES string of the molecule is C=CCC(O)(CC)c1ccnc(OC)c1CO. The smallest absolute Gasteiger partial charge is 0.218 e. The van der Waals surface area contributed by atoms with Gasteiger partial charge in [0.25, 0.3) is 0 Å². The fraction of sp³-hybridized carbons (Fsp3) is 0.462. The van der Waals surface area contributed by atoms with Crippen LogP contribution in [0.2, 0.25) is 0 Å². The van der Waals surface area contributed by atoms with Crippen molar-refractivity contribution in [2.24, 2.45) is 0 Å². The van der Waals surface area contributed by atoms with Gasteiger partial charge in [0.15, 0.2) is 0 Å². The van der Waals surface area contributed by atoms with Crippen LogP contribution < -0.4 is 4.74 Å². The summed E-state index contributed by atoms with van der Waals surface area (Å²) in [4.78, 5) is 4.02. The second-order valence-corrected chi connectivity index (χ2v) is 3.88. The van der Waals surface area contributed by atoms with Crippen LogP contribution in [0, 0.1) is 0 Å². The molecule has 1 heterocycles. The Balaban J connectivity index is 3.32. The van der Waals surface area contributed by atoms with E-state index >= 15 is 0 Å². The van der Waals surface area contributed by atoms with Crippen molar-refractivity contribution in [3.05, 3.63) is 36.0 Å². The summed E-state index contributed by atoms with van der Waals surface area (Å²) in [5, 5.41) is 20.0. The van der Waals surface area contributed by atoms with E-state index in [9.17, 15) is 10.2 Å². The lowest BCUT2D eigenvalue weighted by Gasteiger charge is -2.28. The number of rotatable bonds is 6. The molecule has 94 valence electrons. The van der Waals surface area contributed by atoms with E-state index in [0.29, 0.717) is 29.8 Å². The van der Waals surface area contributed by atoms with Crippen LogP contribution in [0.4, 0.5) is 0 Å². The molecule has 0 radical (unpaired) electrons. The summed E-state index contributed by atoms with van der Waals surface area (Å²) >= 11 is 0. The molecular weight excluding hydrogens is 218 g/mol. The van der Waals surface area contributed by atoms with Crippen LogP contribution in [0.25, 0.3) is 0 Å². The first-order valence-electron chi connectivity index (χ1n) is 5.59. The van der Waals surface area contributed by atoms with Crippen LogP contribution in [-0.4, -0.2) is 22.3 Å². The minimum atomic E-state index is -1.03. The van der Waals surface area contributed by atoms with Gasteiger partial charge < -0.3 is 14.9 Å². The van der Waals surface area contributed by atoms with Crippen molar-refractivity contribution in [2.75, 3.05) is 7.11 Å². The highest BCUT2D eigenvalue weighted by Gasteiger charge is 2.29. The van der Waals surface area contributed by atoms with Crippen LogP contribution in [-0.2, 0) is 12.2 Å². The van der Waals surface area contributed by atoms with Gasteiger partial charge in [0.2, 0.25) is 5.88 Å². The van der Waals surface area contributed by atoms with Crippen molar-refractivity contribution in [1.29, 1.82) is 0 Å². The number of hydrogen-bond acceptors (Lipinski definition) is 4. The van der Waals surface area contributed by atoms with Gasteiger partial charge >= 0.3 is 0 Å². The molecular formula is C13H19NO3. The number of aromatic nitrogens is 1. The van der Waals surface area contributed by atoms with Crippen LogP contribution in [0.5, 0.6) is 5.88 Å². The van der Waals surface area contributed by atoms with Gasteiger partial charge in [-0.05, 0) is 24.5 Å². The maximum atomic E-state index is 10.6. The van der Waals surface area contributed by atoms with Gasteiger partial charge in [0.1, 0.15) is 0 Å². The topological polar surface area (TPSA) is 62.6 Å². The van der Waals surface area contributed by atoms with E-state index in [-0.39, 0.29) is 6.61 Å². The number of pyridine rings is 1. The van der Waals surface area contributed by atoms with Crippen molar-refractivity contribution in [3.8, 4) is 5.88 Å². The molecule has 4 nitrogen and oxygen atoms in total. The van der Waals surface area contributed by atoms with E-state index in [2.05, 4.69) is 11.6 Å². The van der Waals surface area contributed by atoms with Crippen LogP contribution in [0.15, 0.2) is 24.9 Å². The normalized spacial score (nSPS) is 14.1. The molecule has 0 fully saturated rings. The Morgan fingerprint density at radius 3 is 2.76 bits per heavy atom. The molecule has 1 aromatic rings. The first kappa shape index (κ1) is 13.7. The standard InChI is InChI=1S/C13H19NO3/c1-4-7-13(16,5-2)11-6-8-14-12(17-3)10(11)9-15/h4,6,8,15-16H,1,5,7,9H2,2-3H3. The molecule has 0 spiro atoms. The maximum Gasteiger partial charge on any atom is 0.218 e. The van der Waals surface area contributed by atoms with Gasteiger partial charge in [-0.2, -0.15) is 0 Å². The molecule has 0 aliphatic heterocycles. The summed E-state index contributed by atoms with van der Waals surface area (Å²) in [7, 11) is 1.49. The van der Waals surface area contributed by atoms with Gasteiger partial charge in [0, 0.05) is 11.8 Å². The third-order valence-electron chi connectivity index (χ3n) is 2.94. The summed E-state index contributed by atoms with van der Waals surface area (Å²) in [5.74, 6) is 0.348. The zero-order valence-corrected chi connectivity index (χ0v) is 10.3. The average molecular weight is 237 g/mol. The summed E-state index contributed by atoms with van der Waals surface area (Å²) in [6.45, 7) is 5.32. The third-order valence-corrected chi connectivity index (χ3v) is 2.94. The minimum Gasteiger partial charge on any atom is -0.481 e. The highest BCUT2D eigenvalue weighted by Crippen LogP contribution is 2.34. The molecule has 1 aromatic heterocycles. The van der Waals surface area contributed by atoms with E-state index in [1.807, 2.05) is 6.92 Å². The first-order valence-corrected chi connectivity index (χ1v) is 5.59. The molecule has 2 N–H and O–H groups in total. The molecule has 0 saturated heterocycles. The highest BCUT2D eigenvalue weighted by molar-refractivity contribution is 5.38. The van der Waals surface area contributed by atoms with Crippen LogP contribution >= 0.6 is 0 Å². The summed E-state index contributed by atoms with van der Waals surface area (Å²) in [6.07, 6.45) is 4.18. The van der Waals surface area contributed by atoms with Gasteiger partial charge in [-0.3, -0.25) is 0 Å². The second-order valence-electron chi connectivity index (χ2n) is 3.88. The lowest BCUT2D eigenvalue weighted by atomic mass is 9.85. The van der Waals surface area contributed by atoms with Crippen molar-refractivity contribution in [2.45, 2.75) is 32.0 Å². The van der Waals surface area contributed by atoms with Crippen molar-refractivity contribution in [3.63, 3.8) is 0 Å². The van der Waals surface area contributed by atoms with E-state index in [1.54, 1.807) is 18.3 Å². The Morgan fingerprint density at radius 1 is 1.59 bits per heavy atom. The number of methoxy groups -OCH3 is 1. The van der Waals surface area contributed by atoms with Crippen LogP contribution in [0.1, 0.15) is 30.9 Å². The van der Waals surface area contributed by atoms with Crippen molar-refractivity contribution < 1.29 is 14.9 Å². The van der Waals surface area contributed by atoms with E-state index < -0.39 is 5.60 Å². The van der Waals surface area contributed by atoms with Gasteiger partial charge in [-0.25, -0.2) is 4.98 Å². The Kier molecular flexibility index (Phi) is 4.66. The first-order chi connectivity index (χ1) is 8.12. The number of aliphatic hydroxyl groups excluding tert-OH is 1. The quantitative estimate of drug-likeness (QED) is 0.740. The largest absolute Gasteiger partial charge is 0.481 e. The number of ether oxygens (including phenoxy) is 1. The average Bonchev–Trinajstić information content (AvgIpc) is 2.37. The Hall–Kier alpha value is -1.39. The van der Waals surface area contributed by atoms with Crippen molar-refractivity contribution >= 4 is 0 Å². The fourth-order valence-electron chi connectivity index (χ4n) is 1.92. The Morgan fingerprint density at radius 2 is 2.29 bits per heavy atom. The molecule has 0 aromatic carbocycles. The van der Waals surface area contributed by atoms with E-state index in [4.69, 9.17) is 4.74 Å². The monoisotopic (exact) mass is 237 g/mol. The lowest BCUT2D eigenvalue weighted by molar-refractivity contribution is 0.0330. The maximum absolute atomic E-state index is 10.6. The third kappa shape index (κ3) is 2.65. The van der Waals surface area contributed by atoms with Crippen molar-refractivity contribution in [1.82, 2.24) is 4.98 Å².